The number of carbonyl (C=O) groups excluding carboxylic acids is 3. The van der Waals surface area contributed by atoms with Crippen molar-refractivity contribution in [3.8, 4) is 6.07 Å². The van der Waals surface area contributed by atoms with Crippen LogP contribution >= 0.6 is 11.6 Å². The number of ether oxygens (including phenoxy) is 3. The number of methoxy groups -OCH3 is 3. The zero-order valence-electron chi connectivity index (χ0n) is 74.8. The van der Waals surface area contributed by atoms with Gasteiger partial charge in [0.25, 0.3) is 0 Å². The van der Waals surface area contributed by atoms with Gasteiger partial charge in [0.15, 0.2) is 6.29 Å². The molecule has 12 rings (SSSR count). The quantitative estimate of drug-likeness (QED) is 0.0372. The first kappa shape index (κ1) is 103. The summed E-state index contributed by atoms with van der Waals surface area (Å²) in [5.41, 5.74) is 41.0. The van der Waals surface area contributed by atoms with Gasteiger partial charge in [0, 0.05) is 53.0 Å². The molecule has 0 saturated heterocycles. The van der Waals surface area contributed by atoms with E-state index in [1.165, 1.54) is 107 Å². The Labute approximate surface area is 715 Å². The fourth-order valence-electron chi connectivity index (χ4n) is 12.8. The standard InChI is InChI=1S/C14H21NO2.C12H15NO.C12H13NO.C12H17N.C10H11N.C10H12O2.C9H11Cl.C9H10O2.C9H12O.C4H11NO2/c1-10-6-5-7-13(12(10)3)8-14(16)15-9-11(2)17-4;2*1-8-3-4-10-5-6-13-12(14)7-11(10)9(8)2;1-9-3-4-11-5-7-13-8-6-12(11)10(9)2;1-8-4-3-5-10(6-7-11)9(8)2;1-7-4-3-5-9(8(7)2)6-10(11)12;1-7-4-3-5-9(6-10)8(7)2;1-6-4-3-5-8(7(6)2)9(10)11;1-7-4-3-5-9(6-10)8(7)2;1-6-4(3-5)7-2/h5-7,11H,8-9H2,1-4H3,(H,15,16);3-4H,5-7H2,1-2H3,(H,13,14);3-6H,7H2,1-2H3,(H,13,14);3-4,13H,5-8H2,1-2H3;3-5H,6H2,1-2H3;3-5H,6H2,1-2H3,(H,11,12);3-5H,6H2,1-2H3;3-5H,1-2H3,(H,10,11);3-5,10H,6H2,1-2H3;4H,3,5H2,1-2H3. The number of alkyl halides is 1. The zero-order chi connectivity index (χ0) is 89.0. The molecule has 3 heterocycles. The summed E-state index contributed by atoms with van der Waals surface area (Å²) in [5.74, 6) is -0.753. The van der Waals surface area contributed by atoms with Crippen LogP contribution in [0.15, 0.2) is 152 Å². The molecule has 0 saturated carbocycles. The van der Waals surface area contributed by atoms with Gasteiger partial charge in [0.05, 0.1) is 56.4 Å². The molecule has 0 bridgehead atoms. The van der Waals surface area contributed by atoms with E-state index in [4.69, 9.17) is 52.1 Å². The van der Waals surface area contributed by atoms with Crippen LogP contribution in [0.4, 0.5) is 0 Å². The molecule has 640 valence electrons. The SMILES string of the molecule is COC(C)CNC(=O)Cc1cccc(C)c1C.COC(CN)OC.Cc1ccc2c(c1C)CC(=O)NC=C2.Cc1ccc2c(c1C)CC(=O)NCC2.Cc1ccc2c(c1C)CCNCC2.Cc1cccc(C(=O)O)c1C.Cc1cccc(CC#N)c1C.Cc1cccc(CC(=O)O)c1C.Cc1cccc(CCl)c1C.Cc1cccc(CO)c1C. The number of carboxylic acids is 2. The maximum atomic E-state index is 11.7. The van der Waals surface area contributed by atoms with E-state index in [1.54, 1.807) is 50.8 Å². The highest BCUT2D eigenvalue weighted by Gasteiger charge is 2.18. The first-order valence-corrected chi connectivity index (χ1v) is 41.1. The van der Waals surface area contributed by atoms with E-state index in [0.29, 0.717) is 50.2 Å². The van der Waals surface area contributed by atoms with E-state index in [9.17, 15) is 24.0 Å². The van der Waals surface area contributed by atoms with Crippen LogP contribution in [0.5, 0.6) is 0 Å². The van der Waals surface area contributed by atoms with E-state index < -0.39 is 11.9 Å². The molecule has 18 heteroatoms. The number of hydrogen-bond donors (Lipinski definition) is 8. The maximum absolute atomic E-state index is 11.7. The number of aryl methyl sites for hydroxylation is 9. The number of benzene rings is 9. The molecule has 3 amide bonds. The number of carbonyl (C=O) groups is 5. The van der Waals surface area contributed by atoms with Gasteiger partial charge in [0.2, 0.25) is 17.7 Å². The maximum Gasteiger partial charge on any atom is 0.335 e. The topological polar surface area (TPSA) is 272 Å². The van der Waals surface area contributed by atoms with Gasteiger partial charge < -0.3 is 56.5 Å². The number of nitrogens with one attached hydrogen (secondary N) is 4. The summed E-state index contributed by atoms with van der Waals surface area (Å²) in [5, 5.41) is 46.5. The summed E-state index contributed by atoms with van der Waals surface area (Å²) >= 11 is 5.70. The summed E-state index contributed by atoms with van der Waals surface area (Å²) < 4.78 is 14.5. The molecule has 9 aromatic rings. The minimum absolute atomic E-state index is 0.0441. The second-order valence-corrected chi connectivity index (χ2v) is 30.4. The lowest BCUT2D eigenvalue weighted by atomic mass is 9.94. The molecule has 3 aliphatic rings. The summed E-state index contributed by atoms with van der Waals surface area (Å²) in [6.45, 7) is 43.1. The largest absolute Gasteiger partial charge is 0.481 e. The van der Waals surface area contributed by atoms with Crippen LogP contribution < -0.4 is 27.0 Å². The van der Waals surface area contributed by atoms with Gasteiger partial charge in [-0.3, -0.25) is 19.2 Å². The molecule has 17 nitrogen and oxygen atoms in total. The van der Waals surface area contributed by atoms with Gasteiger partial charge in [-0.1, -0.05) is 140 Å². The molecule has 0 aliphatic carbocycles. The highest BCUT2D eigenvalue weighted by molar-refractivity contribution is 6.17. The lowest BCUT2D eigenvalue weighted by molar-refractivity contribution is -0.136. The molecule has 119 heavy (non-hydrogen) atoms. The van der Waals surface area contributed by atoms with Crippen LogP contribution in [0.3, 0.4) is 0 Å². The van der Waals surface area contributed by atoms with Crippen LogP contribution in [0.25, 0.3) is 6.08 Å². The van der Waals surface area contributed by atoms with E-state index in [-0.39, 0.29) is 43.1 Å². The van der Waals surface area contributed by atoms with Crippen molar-refractivity contribution < 1.29 is 53.5 Å². The second-order valence-electron chi connectivity index (χ2n) is 30.2. The van der Waals surface area contributed by atoms with Gasteiger partial charge >= 0.3 is 11.9 Å². The first-order chi connectivity index (χ1) is 56.5. The zero-order valence-corrected chi connectivity index (χ0v) is 75.5. The minimum atomic E-state index is -0.855. The summed E-state index contributed by atoms with van der Waals surface area (Å²) in [6, 6.07) is 50.4. The summed E-state index contributed by atoms with van der Waals surface area (Å²) in [4.78, 5) is 55.5. The Bertz CT molecular complexity index is 4790. The Balaban J connectivity index is 0.000000344. The summed E-state index contributed by atoms with van der Waals surface area (Å²) in [6.07, 6.45) is 8.93. The van der Waals surface area contributed by atoms with Crippen molar-refractivity contribution in [1.29, 1.82) is 5.26 Å². The predicted octanol–water partition coefficient (Wildman–Crippen LogP) is 18.2. The number of aliphatic hydroxyl groups is 1. The van der Waals surface area contributed by atoms with E-state index in [0.717, 1.165) is 81.7 Å². The number of carboxylic acid groups (broad SMARTS) is 2. The van der Waals surface area contributed by atoms with Crippen molar-refractivity contribution in [1.82, 2.24) is 21.3 Å². The molecule has 3 aliphatic heterocycles. The van der Waals surface area contributed by atoms with Crippen LogP contribution in [0.2, 0.25) is 0 Å². The Morgan fingerprint density at radius 1 is 0.487 bits per heavy atom. The number of nitrogens with two attached hydrogens (primary N) is 1. The second kappa shape index (κ2) is 54.6. The third-order valence-electron chi connectivity index (χ3n) is 22.3. The average molecular weight is 1640 g/mol. The number of amides is 3. The van der Waals surface area contributed by atoms with Gasteiger partial charge in [-0.05, 0) is 337 Å². The number of rotatable bonds is 14. The summed E-state index contributed by atoms with van der Waals surface area (Å²) in [7, 11) is 4.75. The van der Waals surface area contributed by atoms with Crippen molar-refractivity contribution in [2.24, 2.45) is 5.73 Å². The molecule has 1 unspecified atom stereocenters. The van der Waals surface area contributed by atoms with Crippen LogP contribution in [0.1, 0.15) is 179 Å². The van der Waals surface area contributed by atoms with Crippen LogP contribution in [0, 0.1) is 136 Å². The Morgan fingerprint density at radius 2 is 0.899 bits per heavy atom. The molecule has 9 aromatic carbocycles. The molecule has 0 aromatic heterocycles. The number of nitriles is 1. The molecule has 9 N–H and O–H groups in total. The predicted molar refractivity (Wildman–Crippen MR) is 488 cm³/mol. The average Bonchev–Trinajstić information content (AvgIpc) is 1.79. The molecule has 1 atom stereocenters. The Morgan fingerprint density at radius 3 is 1.35 bits per heavy atom. The number of aliphatic carboxylic acids is 1. The third kappa shape index (κ3) is 35.2. The first-order valence-electron chi connectivity index (χ1n) is 40.6. The van der Waals surface area contributed by atoms with Gasteiger partial charge in [-0.2, -0.15) is 5.26 Å². The number of fused-ring (bicyclic) bond motifs is 3. The van der Waals surface area contributed by atoms with Crippen molar-refractivity contribution in [2.75, 3.05) is 54.1 Å². The third-order valence-corrected chi connectivity index (χ3v) is 22.6. The van der Waals surface area contributed by atoms with Crippen molar-refractivity contribution in [2.45, 2.75) is 208 Å². The number of aromatic carboxylic acids is 1. The minimum Gasteiger partial charge on any atom is -0.481 e. The number of nitrogens with zero attached hydrogens (tertiary/aromatic N) is 1. The fourth-order valence-corrected chi connectivity index (χ4v) is 13.1. The molecule has 0 spiro atoms. The van der Waals surface area contributed by atoms with Crippen molar-refractivity contribution in [3.63, 3.8) is 0 Å². The lowest BCUT2D eigenvalue weighted by Crippen LogP contribution is -2.32. The van der Waals surface area contributed by atoms with E-state index in [2.05, 4.69) is 184 Å². The Hall–Kier alpha value is -10.4. The van der Waals surface area contributed by atoms with E-state index in [1.807, 2.05) is 114 Å². The molecular formula is C101H133ClN6O11. The van der Waals surface area contributed by atoms with Crippen molar-refractivity contribution >= 4 is 47.3 Å². The van der Waals surface area contributed by atoms with Crippen molar-refractivity contribution in [3.05, 3.63) is 319 Å². The lowest BCUT2D eigenvalue weighted by Gasteiger charge is -2.12. The van der Waals surface area contributed by atoms with E-state index >= 15 is 0 Å². The number of halogens is 1. The molecule has 0 radical (unpaired) electrons. The Kier molecular flexibility index (Phi) is 47.2. The van der Waals surface area contributed by atoms with Crippen LogP contribution in [-0.4, -0.2) is 111 Å². The molecular weight excluding hydrogens is 1510 g/mol. The molecule has 0 fully saturated rings. The highest BCUT2D eigenvalue weighted by atomic mass is 35.5. The monoisotopic (exact) mass is 1640 g/mol. The van der Waals surface area contributed by atoms with Gasteiger partial charge in [-0.15, -0.1) is 11.6 Å². The fraction of sp³-hybridized carbons (Fsp3) is 0.386. The van der Waals surface area contributed by atoms with Crippen LogP contribution in [-0.2, 0) is 97.2 Å². The van der Waals surface area contributed by atoms with Gasteiger partial charge in [-0.25, -0.2) is 4.79 Å². The van der Waals surface area contributed by atoms with Gasteiger partial charge in [0.1, 0.15) is 0 Å². The highest BCUT2D eigenvalue weighted by Crippen LogP contribution is 2.25. The smallest absolute Gasteiger partial charge is 0.335 e. The number of hydrogen-bond acceptors (Lipinski definition) is 12. The normalized spacial score (nSPS) is 12.1. The number of aliphatic hydroxyl groups excluding tert-OH is 1.